The molecule has 2 unspecified atom stereocenters. The SMILES string of the molecule is CC1CCN(C(=O)c2ccc(-c3ccc(F)cc3)s2)C(CN)C1. The van der Waals surface area contributed by atoms with E-state index in [9.17, 15) is 9.18 Å². The summed E-state index contributed by atoms with van der Waals surface area (Å²) in [6.07, 6.45) is 2.00. The van der Waals surface area contributed by atoms with Crippen LogP contribution in [0.5, 0.6) is 0 Å². The number of nitrogens with zero attached hydrogens (tertiary/aromatic N) is 1. The van der Waals surface area contributed by atoms with Gasteiger partial charge in [0.25, 0.3) is 5.91 Å². The molecule has 1 saturated heterocycles. The number of hydrogen-bond donors (Lipinski definition) is 1. The number of likely N-dealkylation sites (tertiary alicyclic amines) is 1. The smallest absolute Gasteiger partial charge is 0.264 e. The molecule has 1 fully saturated rings. The van der Waals surface area contributed by atoms with Gasteiger partial charge in [-0.3, -0.25) is 4.79 Å². The van der Waals surface area contributed by atoms with E-state index < -0.39 is 0 Å². The molecule has 2 aromatic rings. The van der Waals surface area contributed by atoms with Crippen molar-refractivity contribution in [3.63, 3.8) is 0 Å². The Morgan fingerprint density at radius 1 is 1.30 bits per heavy atom. The van der Waals surface area contributed by atoms with Gasteiger partial charge < -0.3 is 10.6 Å². The zero-order chi connectivity index (χ0) is 16.4. The van der Waals surface area contributed by atoms with Gasteiger partial charge in [0.1, 0.15) is 5.82 Å². The monoisotopic (exact) mass is 332 g/mol. The molecular formula is C18H21FN2OS. The quantitative estimate of drug-likeness (QED) is 0.930. The van der Waals surface area contributed by atoms with Gasteiger partial charge in [0, 0.05) is 24.0 Å². The second-order valence-electron chi connectivity index (χ2n) is 6.19. The second kappa shape index (κ2) is 6.81. The van der Waals surface area contributed by atoms with Crippen molar-refractivity contribution < 1.29 is 9.18 Å². The van der Waals surface area contributed by atoms with Crippen LogP contribution in [0.15, 0.2) is 36.4 Å². The molecule has 2 atom stereocenters. The lowest BCUT2D eigenvalue weighted by atomic mass is 9.92. The van der Waals surface area contributed by atoms with Crippen LogP contribution >= 0.6 is 11.3 Å². The maximum absolute atomic E-state index is 13.0. The predicted molar refractivity (Wildman–Crippen MR) is 92.0 cm³/mol. The van der Waals surface area contributed by atoms with Crippen molar-refractivity contribution in [1.29, 1.82) is 0 Å². The highest BCUT2D eigenvalue weighted by Crippen LogP contribution is 2.31. The van der Waals surface area contributed by atoms with Crippen LogP contribution in [0, 0.1) is 11.7 Å². The third kappa shape index (κ3) is 3.46. The molecule has 1 aromatic carbocycles. The van der Waals surface area contributed by atoms with Gasteiger partial charge in [0.15, 0.2) is 0 Å². The molecule has 1 aromatic heterocycles. The van der Waals surface area contributed by atoms with E-state index in [-0.39, 0.29) is 17.8 Å². The lowest BCUT2D eigenvalue weighted by molar-refractivity contribution is 0.0578. The number of halogens is 1. The maximum atomic E-state index is 13.0. The zero-order valence-electron chi connectivity index (χ0n) is 13.2. The molecule has 122 valence electrons. The Bertz CT molecular complexity index is 683. The molecule has 2 N–H and O–H groups in total. The molecule has 0 radical (unpaired) electrons. The zero-order valence-corrected chi connectivity index (χ0v) is 14.0. The molecule has 0 saturated carbocycles. The Morgan fingerprint density at radius 3 is 2.74 bits per heavy atom. The normalized spacial score (nSPS) is 21.4. The van der Waals surface area contributed by atoms with Crippen LogP contribution in [0.2, 0.25) is 0 Å². The minimum atomic E-state index is -0.255. The average Bonchev–Trinajstić information content (AvgIpc) is 3.04. The molecule has 1 amide bonds. The highest BCUT2D eigenvalue weighted by atomic mass is 32.1. The summed E-state index contributed by atoms with van der Waals surface area (Å²) in [5.41, 5.74) is 6.78. The summed E-state index contributed by atoms with van der Waals surface area (Å²) in [7, 11) is 0. The molecule has 0 bridgehead atoms. The minimum Gasteiger partial charge on any atom is -0.334 e. The first-order valence-electron chi connectivity index (χ1n) is 7.95. The topological polar surface area (TPSA) is 46.3 Å². The summed E-state index contributed by atoms with van der Waals surface area (Å²) in [5.74, 6) is 0.422. The first-order valence-corrected chi connectivity index (χ1v) is 8.77. The number of nitrogens with two attached hydrogens (primary N) is 1. The third-order valence-corrected chi connectivity index (χ3v) is 5.58. The summed E-state index contributed by atoms with van der Waals surface area (Å²) >= 11 is 1.45. The van der Waals surface area contributed by atoms with E-state index in [4.69, 9.17) is 5.73 Å². The molecule has 1 aliphatic rings. The Kier molecular flexibility index (Phi) is 4.78. The van der Waals surface area contributed by atoms with Crippen LogP contribution < -0.4 is 5.73 Å². The lowest BCUT2D eigenvalue weighted by Crippen LogP contribution is -2.49. The largest absolute Gasteiger partial charge is 0.334 e. The number of hydrogen-bond acceptors (Lipinski definition) is 3. The number of rotatable bonds is 3. The van der Waals surface area contributed by atoms with E-state index in [0.29, 0.717) is 12.5 Å². The fourth-order valence-electron chi connectivity index (χ4n) is 3.11. The molecule has 3 rings (SSSR count). The fraction of sp³-hybridized carbons (Fsp3) is 0.389. The van der Waals surface area contributed by atoms with E-state index >= 15 is 0 Å². The van der Waals surface area contributed by atoms with Gasteiger partial charge in [0.05, 0.1) is 4.88 Å². The van der Waals surface area contributed by atoms with Crippen LogP contribution in [-0.4, -0.2) is 29.9 Å². The average molecular weight is 332 g/mol. The Hall–Kier alpha value is -1.72. The van der Waals surface area contributed by atoms with Crippen molar-refractivity contribution >= 4 is 17.2 Å². The lowest BCUT2D eigenvalue weighted by Gasteiger charge is -2.37. The van der Waals surface area contributed by atoms with Crippen LogP contribution in [0.3, 0.4) is 0 Å². The maximum Gasteiger partial charge on any atom is 0.264 e. The summed E-state index contributed by atoms with van der Waals surface area (Å²) in [6.45, 7) is 3.49. The van der Waals surface area contributed by atoms with E-state index in [2.05, 4.69) is 6.92 Å². The Balaban J connectivity index is 1.79. The molecule has 2 heterocycles. The number of piperidine rings is 1. The van der Waals surface area contributed by atoms with Crippen molar-refractivity contribution in [2.24, 2.45) is 11.7 Å². The number of carbonyl (C=O) groups is 1. The molecule has 3 nitrogen and oxygen atoms in total. The van der Waals surface area contributed by atoms with Crippen molar-refractivity contribution in [1.82, 2.24) is 4.90 Å². The second-order valence-corrected chi connectivity index (χ2v) is 7.27. The first-order chi connectivity index (χ1) is 11.1. The van der Waals surface area contributed by atoms with E-state index in [1.165, 1.54) is 23.5 Å². The first kappa shape index (κ1) is 16.1. The molecule has 0 aliphatic carbocycles. The van der Waals surface area contributed by atoms with Crippen LogP contribution in [0.1, 0.15) is 29.4 Å². The fourth-order valence-corrected chi connectivity index (χ4v) is 4.07. The van der Waals surface area contributed by atoms with Crippen LogP contribution in [-0.2, 0) is 0 Å². The van der Waals surface area contributed by atoms with Gasteiger partial charge in [-0.1, -0.05) is 19.1 Å². The highest BCUT2D eigenvalue weighted by molar-refractivity contribution is 7.17. The summed E-state index contributed by atoms with van der Waals surface area (Å²) in [4.78, 5) is 16.4. The van der Waals surface area contributed by atoms with Gasteiger partial charge in [-0.15, -0.1) is 11.3 Å². The minimum absolute atomic E-state index is 0.0608. The van der Waals surface area contributed by atoms with Crippen LogP contribution in [0.25, 0.3) is 10.4 Å². The Morgan fingerprint density at radius 2 is 2.04 bits per heavy atom. The number of thiophene rings is 1. The van der Waals surface area contributed by atoms with E-state index in [0.717, 1.165) is 34.7 Å². The Labute approximate surface area is 139 Å². The van der Waals surface area contributed by atoms with Crippen molar-refractivity contribution in [3.05, 3.63) is 47.1 Å². The van der Waals surface area contributed by atoms with Crippen molar-refractivity contribution in [2.45, 2.75) is 25.8 Å². The van der Waals surface area contributed by atoms with E-state index in [1.807, 2.05) is 17.0 Å². The van der Waals surface area contributed by atoms with Gasteiger partial charge in [-0.25, -0.2) is 4.39 Å². The summed E-state index contributed by atoms with van der Waals surface area (Å²) in [5, 5.41) is 0. The van der Waals surface area contributed by atoms with Gasteiger partial charge in [-0.05, 0) is 48.6 Å². The summed E-state index contributed by atoms with van der Waals surface area (Å²) in [6, 6.07) is 10.3. The molecule has 23 heavy (non-hydrogen) atoms. The predicted octanol–water partition coefficient (Wildman–Crippen LogP) is 3.75. The molecule has 1 aliphatic heterocycles. The van der Waals surface area contributed by atoms with Gasteiger partial charge >= 0.3 is 0 Å². The molecule has 0 spiro atoms. The van der Waals surface area contributed by atoms with Crippen molar-refractivity contribution in [3.8, 4) is 10.4 Å². The van der Waals surface area contributed by atoms with Crippen LogP contribution in [0.4, 0.5) is 4.39 Å². The number of carbonyl (C=O) groups excluding carboxylic acids is 1. The van der Waals surface area contributed by atoms with Gasteiger partial charge in [-0.2, -0.15) is 0 Å². The van der Waals surface area contributed by atoms with Crippen molar-refractivity contribution in [2.75, 3.05) is 13.1 Å². The standard InChI is InChI=1S/C18H21FN2OS/c1-12-8-9-21(15(10-12)11-20)18(22)17-7-6-16(23-17)13-2-4-14(19)5-3-13/h2-7,12,15H,8-11,20H2,1H3. The number of amides is 1. The number of benzene rings is 1. The molecule has 5 heteroatoms. The van der Waals surface area contributed by atoms with E-state index in [1.54, 1.807) is 12.1 Å². The summed E-state index contributed by atoms with van der Waals surface area (Å²) < 4.78 is 13.0. The third-order valence-electron chi connectivity index (χ3n) is 4.46. The molecular weight excluding hydrogens is 311 g/mol. The highest BCUT2D eigenvalue weighted by Gasteiger charge is 2.30. The van der Waals surface area contributed by atoms with Gasteiger partial charge in [0.2, 0.25) is 0 Å².